The van der Waals surface area contributed by atoms with Crippen LogP contribution in [-0.2, 0) is 9.59 Å². The predicted octanol–water partition coefficient (Wildman–Crippen LogP) is 5.50. The van der Waals surface area contributed by atoms with Crippen LogP contribution < -0.4 is 10.6 Å². The molecule has 1 fully saturated rings. The van der Waals surface area contributed by atoms with Crippen LogP contribution in [0.1, 0.15) is 54.4 Å². The third-order valence-corrected chi connectivity index (χ3v) is 7.46. The van der Waals surface area contributed by atoms with Gasteiger partial charge in [-0.25, -0.2) is 0 Å². The maximum Gasteiger partial charge on any atom is 0.251 e. The van der Waals surface area contributed by atoms with E-state index in [1.165, 1.54) is 37.1 Å². The highest BCUT2D eigenvalue weighted by Crippen LogP contribution is 2.29. The number of amides is 2. The molecule has 1 atom stereocenters. The molecule has 1 aliphatic carbocycles. The lowest BCUT2D eigenvalue weighted by Crippen LogP contribution is -2.40. The Morgan fingerprint density at radius 1 is 1.00 bits per heavy atom. The number of likely N-dealkylation sites (N-methyl/N-ethyl adjacent to an activating group) is 1. The van der Waals surface area contributed by atoms with E-state index in [-0.39, 0.29) is 23.4 Å². The Kier molecular flexibility index (Phi) is 10.2. The first kappa shape index (κ1) is 26.0. The highest BCUT2D eigenvalue weighted by molar-refractivity contribution is 8.13. The van der Waals surface area contributed by atoms with Gasteiger partial charge in [0.1, 0.15) is 6.04 Å². The summed E-state index contributed by atoms with van der Waals surface area (Å²) in [6.45, 7) is 0. The first-order valence-electron chi connectivity index (χ1n) is 11.7. The van der Waals surface area contributed by atoms with Crippen LogP contribution in [0.4, 0.5) is 0 Å². The van der Waals surface area contributed by atoms with Gasteiger partial charge in [-0.3, -0.25) is 14.4 Å². The number of benzene rings is 2. The summed E-state index contributed by atoms with van der Waals surface area (Å²) in [5.74, 6) is 0.682. The molecule has 1 unspecified atom stereocenters. The number of halogens is 1. The van der Waals surface area contributed by atoms with Crippen molar-refractivity contribution in [3.8, 4) is 0 Å². The number of rotatable bonds is 9. The van der Waals surface area contributed by atoms with Crippen LogP contribution in [-0.4, -0.2) is 35.8 Å². The summed E-state index contributed by atoms with van der Waals surface area (Å²) in [5, 5.41) is 5.95. The number of thioether (sulfide) groups is 1. The van der Waals surface area contributed by atoms with Crippen LogP contribution in [0.2, 0.25) is 5.02 Å². The largest absolute Gasteiger partial charge is 0.356 e. The van der Waals surface area contributed by atoms with Crippen LogP contribution in [0.15, 0.2) is 60.7 Å². The molecule has 180 valence electrons. The maximum atomic E-state index is 13.3. The summed E-state index contributed by atoms with van der Waals surface area (Å²) in [4.78, 5) is 38.5. The molecular formula is C27H31ClN2O3S. The van der Waals surface area contributed by atoms with Gasteiger partial charge in [0.25, 0.3) is 5.91 Å². The molecule has 5 nitrogen and oxygen atoms in total. The van der Waals surface area contributed by atoms with Crippen LogP contribution in [0.25, 0.3) is 5.57 Å². The van der Waals surface area contributed by atoms with Crippen molar-refractivity contribution in [1.82, 2.24) is 10.6 Å². The standard InChI is InChI=1S/C27H31ClN2O3S/c1-29-25(31)17-22(20-10-6-3-7-11-20)16-24(27(33)34-18-19-8-4-2-5-9-19)30-26(32)21-12-14-23(28)15-13-21/h3,6-7,10-15,17,19,24H,2,4-5,8-9,16,18H2,1H3,(H,29,31)(H,30,32)/b22-17-. The second-order valence-corrected chi connectivity index (χ2v) is 9.98. The smallest absolute Gasteiger partial charge is 0.251 e. The number of hydrogen-bond acceptors (Lipinski definition) is 4. The zero-order valence-corrected chi connectivity index (χ0v) is 21.0. The monoisotopic (exact) mass is 498 g/mol. The summed E-state index contributed by atoms with van der Waals surface area (Å²) >= 11 is 7.24. The van der Waals surface area contributed by atoms with Crippen molar-refractivity contribution in [3.63, 3.8) is 0 Å². The molecule has 2 N–H and O–H groups in total. The molecule has 0 aromatic heterocycles. The Balaban J connectivity index is 1.81. The summed E-state index contributed by atoms with van der Waals surface area (Å²) in [6, 6.07) is 15.2. The van der Waals surface area contributed by atoms with Crippen molar-refractivity contribution in [1.29, 1.82) is 0 Å². The van der Waals surface area contributed by atoms with Crippen LogP contribution in [0.5, 0.6) is 0 Å². The van der Waals surface area contributed by atoms with Gasteiger partial charge in [0.15, 0.2) is 0 Å². The summed E-state index contributed by atoms with van der Waals surface area (Å²) in [6.07, 6.45) is 7.69. The second-order valence-electron chi connectivity index (χ2n) is 8.52. The fourth-order valence-corrected chi connectivity index (χ4v) is 5.26. The average molecular weight is 499 g/mol. The first-order chi connectivity index (χ1) is 16.5. The van der Waals surface area contributed by atoms with Crippen molar-refractivity contribution in [3.05, 3.63) is 76.8 Å². The lowest BCUT2D eigenvalue weighted by molar-refractivity contribution is -0.116. The highest BCUT2D eigenvalue weighted by Gasteiger charge is 2.25. The van der Waals surface area contributed by atoms with Crippen molar-refractivity contribution >= 4 is 45.9 Å². The molecule has 0 aliphatic heterocycles. The van der Waals surface area contributed by atoms with E-state index in [1.807, 2.05) is 30.3 Å². The van der Waals surface area contributed by atoms with Gasteiger partial charge in [0.2, 0.25) is 11.0 Å². The number of hydrogen-bond donors (Lipinski definition) is 2. The Hall–Kier alpha value is -2.57. The highest BCUT2D eigenvalue weighted by atomic mass is 35.5. The molecule has 1 aliphatic rings. The molecule has 2 aromatic rings. The lowest BCUT2D eigenvalue weighted by Gasteiger charge is -2.23. The number of nitrogens with one attached hydrogen (secondary N) is 2. The van der Waals surface area contributed by atoms with Crippen molar-refractivity contribution < 1.29 is 14.4 Å². The maximum absolute atomic E-state index is 13.3. The topological polar surface area (TPSA) is 75.3 Å². The van der Waals surface area contributed by atoms with E-state index in [2.05, 4.69) is 10.6 Å². The molecule has 3 rings (SSSR count). The summed E-state index contributed by atoms with van der Waals surface area (Å²) < 4.78 is 0. The molecule has 34 heavy (non-hydrogen) atoms. The van der Waals surface area contributed by atoms with Crippen molar-refractivity contribution in [2.75, 3.05) is 12.8 Å². The Morgan fingerprint density at radius 3 is 2.32 bits per heavy atom. The fourth-order valence-electron chi connectivity index (χ4n) is 4.05. The van der Waals surface area contributed by atoms with E-state index < -0.39 is 6.04 Å². The van der Waals surface area contributed by atoms with Crippen LogP contribution in [0, 0.1) is 5.92 Å². The fraction of sp³-hybridized carbons (Fsp3) is 0.370. The Bertz CT molecular complexity index is 1000. The molecule has 1 saturated carbocycles. The molecule has 0 radical (unpaired) electrons. The first-order valence-corrected chi connectivity index (χ1v) is 13.0. The molecular weight excluding hydrogens is 468 g/mol. The van der Waals surface area contributed by atoms with Crippen LogP contribution >= 0.6 is 23.4 Å². The van der Waals surface area contributed by atoms with Gasteiger partial charge in [-0.15, -0.1) is 0 Å². The summed E-state index contributed by atoms with van der Waals surface area (Å²) in [7, 11) is 1.56. The van der Waals surface area contributed by atoms with Gasteiger partial charge in [-0.1, -0.05) is 73.0 Å². The Morgan fingerprint density at radius 2 is 1.68 bits per heavy atom. The van der Waals surface area contributed by atoms with Crippen molar-refractivity contribution in [2.24, 2.45) is 5.92 Å². The van der Waals surface area contributed by atoms with Gasteiger partial charge in [-0.2, -0.15) is 0 Å². The molecule has 2 aromatic carbocycles. The molecule has 2 amide bonds. The minimum Gasteiger partial charge on any atom is -0.356 e. The van der Waals surface area contributed by atoms with Gasteiger partial charge < -0.3 is 10.6 Å². The van der Waals surface area contributed by atoms with Gasteiger partial charge in [0, 0.05) is 35.9 Å². The SMILES string of the molecule is CNC(=O)/C=C(/CC(NC(=O)c1ccc(Cl)cc1)C(=O)SCC1CCCCC1)c1ccccc1. The third kappa shape index (κ3) is 8.03. The molecule has 0 spiro atoms. The number of carbonyl (C=O) groups is 3. The van der Waals surface area contributed by atoms with Crippen LogP contribution in [0.3, 0.4) is 0 Å². The zero-order valence-electron chi connectivity index (χ0n) is 19.4. The van der Waals surface area contributed by atoms with E-state index >= 15 is 0 Å². The lowest BCUT2D eigenvalue weighted by atomic mass is 9.91. The van der Waals surface area contributed by atoms with E-state index in [9.17, 15) is 14.4 Å². The minimum absolute atomic E-state index is 0.0911. The minimum atomic E-state index is -0.770. The second kappa shape index (κ2) is 13.4. The summed E-state index contributed by atoms with van der Waals surface area (Å²) in [5.41, 5.74) is 1.95. The van der Waals surface area contributed by atoms with E-state index in [0.29, 0.717) is 22.1 Å². The predicted molar refractivity (Wildman–Crippen MR) is 140 cm³/mol. The van der Waals surface area contributed by atoms with Gasteiger partial charge >= 0.3 is 0 Å². The third-order valence-electron chi connectivity index (χ3n) is 6.00. The van der Waals surface area contributed by atoms with Crippen molar-refractivity contribution in [2.45, 2.75) is 44.6 Å². The molecule has 0 saturated heterocycles. The Labute approximate surface area is 210 Å². The van der Waals surface area contributed by atoms with E-state index in [1.54, 1.807) is 31.3 Å². The zero-order chi connectivity index (χ0) is 24.3. The number of carbonyl (C=O) groups excluding carboxylic acids is 3. The van der Waals surface area contributed by atoms with E-state index in [0.717, 1.165) is 24.2 Å². The molecule has 7 heteroatoms. The molecule has 0 heterocycles. The van der Waals surface area contributed by atoms with Gasteiger partial charge in [0.05, 0.1) is 0 Å². The van der Waals surface area contributed by atoms with Gasteiger partial charge in [-0.05, 0) is 54.2 Å². The van der Waals surface area contributed by atoms with E-state index in [4.69, 9.17) is 11.6 Å². The normalized spacial score (nSPS) is 15.4. The quantitative estimate of drug-likeness (QED) is 0.448. The molecule has 0 bridgehead atoms. The average Bonchev–Trinajstić information content (AvgIpc) is 2.87.